The van der Waals surface area contributed by atoms with E-state index in [0.717, 1.165) is 5.56 Å². The molecule has 0 aliphatic carbocycles. The molecule has 1 aliphatic heterocycles. The van der Waals surface area contributed by atoms with Gasteiger partial charge in [0.25, 0.3) is 0 Å². The van der Waals surface area contributed by atoms with E-state index >= 15 is 0 Å². The molecule has 0 radical (unpaired) electrons. The fraction of sp³-hybridized carbons (Fsp3) is 0.273. The Morgan fingerprint density at radius 3 is 3.00 bits per heavy atom. The summed E-state index contributed by atoms with van der Waals surface area (Å²) in [4.78, 5) is 17.2. The van der Waals surface area contributed by atoms with E-state index in [4.69, 9.17) is 5.73 Å². The van der Waals surface area contributed by atoms with Crippen LogP contribution < -0.4 is 5.73 Å². The molecule has 0 aromatic carbocycles. The molecule has 78 valence electrons. The standard InChI is InChI=1S/C11H13N3O/c12-10-7-14(8-10)11(15)4-3-9-2-1-5-13-6-9/h1-6,10H,7-8,12H2/b4-3+. The molecule has 1 amide bonds. The highest BCUT2D eigenvalue weighted by atomic mass is 16.2. The van der Waals surface area contributed by atoms with Crippen LogP contribution in [-0.4, -0.2) is 34.9 Å². The van der Waals surface area contributed by atoms with Gasteiger partial charge in [-0.15, -0.1) is 0 Å². The third-order valence-electron chi connectivity index (χ3n) is 2.32. The maximum Gasteiger partial charge on any atom is 0.246 e. The van der Waals surface area contributed by atoms with Crippen molar-refractivity contribution < 1.29 is 4.79 Å². The Kier molecular flexibility index (Phi) is 2.78. The van der Waals surface area contributed by atoms with Gasteiger partial charge in [-0.2, -0.15) is 0 Å². The predicted octanol–water partition coefficient (Wildman–Crippen LogP) is 0.264. The van der Waals surface area contributed by atoms with Crippen LogP contribution in [0.25, 0.3) is 6.08 Å². The summed E-state index contributed by atoms with van der Waals surface area (Å²) in [5.74, 6) is 0.0144. The first-order valence-corrected chi connectivity index (χ1v) is 4.88. The number of nitrogens with zero attached hydrogens (tertiary/aromatic N) is 2. The van der Waals surface area contributed by atoms with E-state index in [1.165, 1.54) is 0 Å². The van der Waals surface area contributed by atoms with Crippen LogP contribution in [0.1, 0.15) is 5.56 Å². The van der Waals surface area contributed by atoms with Crippen LogP contribution in [0.15, 0.2) is 30.6 Å². The Morgan fingerprint density at radius 1 is 1.60 bits per heavy atom. The van der Waals surface area contributed by atoms with Gasteiger partial charge in [0, 0.05) is 37.6 Å². The van der Waals surface area contributed by atoms with Gasteiger partial charge in [-0.3, -0.25) is 9.78 Å². The molecule has 2 heterocycles. The fourth-order valence-electron chi connectivity index (χ4n) is 1.44. The van der Waals surface area contributed by atoms with Crippen molar-refractivity contribution in [2.45, 2.75) is 6.04 Å². The summed E-state index contributed by atoms with van der Waals surface area (Å²) >= 11 is 0. The van der Waals surface area contributed by atoms with E-state index in [-0.39, 0.29) is 11.9 Å². The van der Waals surface area contributed by atoms with E-state index in [9.17, 15) is 4.79 Å². The van der Waals surface area contributed by atoms with Crippen LogP contribution in [0.5, 0.6) is 0 Å². The first-order valence-electron chi connectivity index (χ1n) is 4.88. The molecule has 1 fully saturated rings. The third kappa shape index (κ3) is 2.41. The molecule has 4 nitrogen and oxygen atoms in total. The van der Waals surface area contributed by atoms with Crippen LogP contribution in [0, 0.1) is 0 Å². The van der Waals surface area contributed by atoms with Gasteiger partial charge >= 0.3 is 0 Å². The third-order valence-corrected chi connectivity index (χ3v) is 2.32. The Bertz CT molecular complexity index is 369. The number of hydrogen-bond acceptors (Lipinski definition) is 3. The predicted molar refractivity (Wildman–Crippen MR) is 57.8 cm³/mol. The first kappa shape index (κ1) is 9.86. The number of amides is 1. The minimum absolute atomic E-state index is 0.0144. The first-order chi connectivity index (χ1) is 7.25. The van der Waals surface area contributed by atoms with Crippen molar-refractivity contribution in [1.82, 2.24) is 9.88 Å². The Balaban J connectivity index is 1.92. The quantitative estimate of drug-likeness (QED) is 0.702. The SMILES string of the molecule is NC1CN(C(=O)/C=C/c2cccnc2)C1. The number of rotatable bonds is 2. The lowest BCUT2D eigenvalue weighted by molar-refractivity contribution is -0.130. The number of hydrogen-bond donors (Lipinski definition) is 1. The molecule has 2 N–H and O–H groups in total. The largest absolute Gasteiger partial charge is 0.336 e. The van der Waals surface area contributed by atoms with Crippen LogP contribution in [0.3, 0.4) is 0 Å². The summed E-state index contributed by atoms with van der Waals surface area (Å²) in [6.45, 7) is 1.33. The maximum atomic E-state index is 11.5. The van der Waals surface area contributed by atoms with E-state index in [2.05, 4.69) is 4.98 Å². The van der Waals surface area contributed by atoms with Gasteiger partial charge in [0.15, 0.2) is 0 Å². The average Bonchev–Trinajstić information content (AvgIpc) is 2.23. The molecule has 1 aromatic heterocycles. The van der Waals surface area contributed by atoms with Gasteiger partial charge in [-0.1, -0.05) is 6.07 Å². The molecular weight excluding hydrogens is 190 g/mol. The summed E-state index contributed by atoms with van der Waals surface area (Å²) in [6, 6.07) is 3.89. The molecule has 0 atom stereocenters. The highest BCUT2D eigenvalue weighted by Gasteiger charge is 2.25. The molecule has 2 rings (SSSR count). The molecule has 0 spiro atoms. The van der Waals surface area contributed by atoms with Crippen molar-refractivity contribution in [3.8, 4) is 0 Å². The minimum Gasteiger partial charge on any atom is -0.336 e. The smallest absolute Gasteiger partial charge is 0.246 e. The zero-order valence-electron chi connectivity index (χ0n) is 8.34. The second-order valence-corrected chi connectivity index (χ2v) is 3.62. The molecule has 1 aromatic rings. The van der Waals surface area contributed by atoms with Crippen LogP contribution in [-0.2, 0) is 4.79 Å². The minimum atomic E-state index is 0.0144. The van der Waals surface area contributed by atoms with Gasteiger partial charge in [-0.25, -0.2) is 0 Å². The number of carbonyl (C=O) groups is 1. The highest BCUT2D eigenvalue weighted by Crippen LogP contribution is 2.07. The summed E-state index contributed by atoms with van der Waals surface area (Å²) in [6.07, 6.45) is 6.74. The molecule has 15 heavy (non-hydrogen) atoms. The van der Waals surface area contributed by atoms with Gasteiger partial charge in [0.1, 0.15) is 0 Å². The van der Waals surface area contributed by atoms with Crippen LogP contribution >= 0.6 is 0 Å². The zero-order valence-corrected chi connectivity index (χ0v) is 8.34. The van der Waals surface area contributed by atoms with Crippen molar-refractivity contribution >= 4 is 12.0 Å². The van der Waals surface area contributed by atoms with Gasteiger partial charge in [0.05, 0.1) is 0 Å². The lowest BCUT2D eigenvalue weighted by atomic mass is 10.1. The van der Waals surface area contributed by atoms with E-state index in [0.29, 0.717) is 13.1 Å². The number of pyridine rings is 1. The number of nitrogens with two attached hydrogens (primary N) is 1. The van der Waals surface area contributed by atoms with Crippen molar-refractivity contribution in [2.24, 2.45) is 5.73 Å². The molecule has 1 aliphatic rings. The molecular formula is C11H13N3O. The van der Waals surface area contributed by atoms with Gasteiger partial charge < -0.3 is 10.6 Å². The molecule has 1 saturated heterocycles. The Hall–Kier alpha value is -1.68. The highest BCUT2D eigenvalue weighted by molar-refractivity contribution is 5.92. The molecule has 0 saturated carbocycles. The van der Waals surface area contributed by atoms with Crippen LogP contribution in [0.4, 0.5) is 0 Å². The molecule has 0 bridgehead atoms. The van der Waals surface area contributed by atoms with E-state index < -0.39 is 0 Å². The summed E-state index contributed by atoms with van der Waals surface area (Å²) in [5.41, 5.74) is 6.51. The van der Waals surface area contributed by atoms with Crippen molar-refractivity contribution in [1.29, 1.82) is 0 Å². The second kappa shape index (κ2) is 4.23. The Labute approximate surface area is 88.4 Å². The van der Waals surface area contributed by atoms with Crippen LogP contribution in [0.2, 0.25) is 0 Å². The zero-order chi connectivity index (χ0) is 10.7. The van der Waals surface area contributed by atoms with Crippen molar-refractivity contribution in [2.75, 3.05) is 13.1 Å². The number of likely N-dealkylation sites (tertiary alicyclic amines) is 1. The monoisotopic (exact) mass is 203 g/mol. The fourth-order valence-corrected chi connectivity index (χ4v) is 1.44. The van der Waals surface area contributed by atoms with E-state index in [1.54, 1.807) is 29.4 Å². The summed E-state index contributed by atoms with van der Waals surface area (Å²) in [5, 5.41) is 0. The lowest BCUT2D eigenvalue weighted by Gasteiger charge is -2.36. The molecule has 0 unspecified atom stereocenters. The topological polar surface area (TPSA) is 59.2 Å². The average molecular weight is 203 g/mol. The maximum absolute atomic E-state index is 11.5. The molecule has 4 heteroatoms. The van der Waals surface area contributed by atoms with Gasteiger partial charge in [0.2, 0.25) is 5.91 Å². The Morgan fingerprint density at radius 2 is 2.40 bits per heavy atom. The number of carbonyl (C=O) groups excluding carboxylic acids is 1. The second-order valence-electron chi connectivity index (χ2n) is 3.62. The van der Waals surface area contributed by atoms with Gasteiger partial charge in [-0.05, 0) is 17.7 Å². The van der Waals surface area contributed by atoms with E-state index in [1.807, 2.05) is 12.1 Å². The van der Waals surface area contributed by atoms with Crippen molar-refractivity contribution in [3.05, 3.63) is 36.2 Å². The van der Waals surface area contributed by atoms with Crippen molar-refractivity contribution in [3.63, 3.8) is 0 Å². The normalized spacial score (nSPS) is 16.7. The number of aromatic nitrogens is 1. The summed E-state index contributed by atoms with van der Waals surface area (Å²) in [7, 11) is 0. The lowest BCUT2D eigenvalue weighted by Crippen LogP contribution is -2.57. The summed E-state index contributed by atoms with van der Waals surface area (Å²) < 4.78 is 0.